The van der Waals surface area contributed by atoms with Gasteiger partial charge in [-0.05, 0) is 57.6 Å². The first-order valence-corrected chi connectivity index (χ1v) is 7.12. The molecule has 1 N–H and O–H groups in total. The molecule has 0 radical (unpaired) electrons. The summed E-state index contributed by atoms with van der Waals surface area (Å²) >= 11 is 0. The summed E-state index contributed by atoms with van der Waals surface area (Å²) in [4.78, 5) is 0. The second kappa shape index (κ2) is 8.71. The zero-order chi connectivity index (χ0) is 14.1. The van der Waals surface area contributed by atoms with Gasteiger partial charge >= 0.3 is 0 Å². The van der Waals surface area contributed by atoms with Crippen molar-refractivity contribution in [2.45, 2.75) is 46.5 Å². The van der Waals surface area contributed by atoms with Gasteiger partial charge in [0.15, 0.2) is 0 Å². The van der Waals surface area contributed by atoms with Crippen LogP contribution in [-0.2, 0) is 6.42 Å². The third-order valence-corrected chi connectivity index (χ3v) is 3.08. The fourth-order valence-corrected chi connectivity index (χ4v) is 2.07. The van der Waals surface area contributed by atoms with Crippen LogP contribution in [0.1, 0.15) is 51.2 Å². The van der Waals surface area contributed by atoms with Crippen LogP contribution in [0.3, 0.4) is 0 Å². The molecule has 0 amide bonds. The Balaban J connectivity index is 2.61. The van der Waals surface area contributed by atoms with Gasteiger partial charge in [-0.2, -0.15) is 0 Å². The summed E-state index contributed by atoms with van der Waals surface area (Å²) in [6.45, 7) is 6.74. The number of aliphatic hydroxyl groups is 1. The molecule has 19 heavy (non-hydrogen) atoms. The molecule has 0 atom stereocenters. The van der Waals surface area contributed by atoms with Gasteiger partial charge in [0.1, 0.15) is 0 Å². The molecule has 1 rings (SSSR count). The quantitative estimate of drug-likeness (QED) is 0.699. The van der Waals surface area contributed by atoms with Crippen LogP contribution in [0.2, 0.25) is 0 Å². The van der Waals surface area contributed by atoms with Gasteiger partial charge in [-0.15, -0.1) is 0 Å². The second-order valence-electron chi connectivity index (χ2n) is 5.38. The van der Waals surface area contributed by atoms with Crippen LogP contribution in [0, 0.1) is 0 Å². The number of rotatable bonds is 7. The molecule has 1 nitrogen and oxygen atoms in total. The fourth-order valence-electron chi connectivity index (χ4n) is 2.07. The summed E-state index contributed by atoms with van der Waals surface area (Å²) in [6, 6.07) is 8.60. The number of aryl methyl sites for hydroxylation is 1. The Kier molecular flexibility index (Phi) is 7.20. The molecule has 0 aliphatic heterocycles. The van der Waals surface area contributed by atoms with Crippen molar-refractivity contribution in [1.82, 2.24) is 0 Å². The molecule has 0 aliphatic rings. The summed E-state index contributed by atoms with van der Waals surface area (Å²) < 4.78 is 0. The summed E-state index contributed by atoms with van der Waals surface area (Å²) in [5.41, 5.74) is 5.38. The van der Waals surface area contributed by atoms with Gasteiger partial charge in [0.05, 0.1) is 0 Å². The minimum atomic E-state index is 0.266. The lowest BCUT2D eigenvalue weighted by Gasteiger charge is -2.03. The zero-order valence-electron chi connectivity index (χ0n) is 12.4. The van der Waals surface area contributed by atoms with Crippen LogP contribution in [0.15, 0.2) is 41.5 Å². The number of allylic oxidation sites excluding steroid dienone is 3. The minimum absolute atomic E-state index is 0.266. The summed E-state index contributed by atoms with van der Waals surface area (Å²) in [5, 5.41) is 8.87. The van der Waals surface area contributed by atoms with Crippen LogP contribution in [-0.4, -0.2) is 11.7 Å². The molecule has 0 saturated carbocycles. The molecule has 0 saturated heterocycles. The molecule has 1 aromatic carbocycles. The maximum Gasteiger partial charge on any atom is 0.0434 e. The normalized spacial score (nSPS) is 11.5. The highest BCUT2D eigenvalue weighted by Gasteiger charge is 1.96. The highest BCUT2D eigenvalue weighted by atomic mass is 16.2. The first-order chi connectivity index (χ1) is 9.11. The molecule has 0 aliphatic carbocycles. The third kappa shape index (κ3) is 6.97. The number of hydrogen-bond acceptors (Lipinski definition) is 1. The number of benzene rings is 1. The molecule has 0 bridgehead atoms. The van der Waals surface area contributed by atoms with Crippen molar-refractivity contribution in [1.29, 1.82) is 0 Å². The maximum absolute atomic E-state index is 8.87. The van der Waals surface area contributed by atoms with E-state index in [0.717, 1.165) is 25.7 Å². The summed E-state index contributed by atoms with van der Waals surface area (Å²) in [5.74, 6) is 0. The van der Waals surface area contributed by atoms with E-state index < -0.39 is 0 Å². The maximum atomic E-state index is 8.87. The topological polar surface area (TPSA) is 20.2 Å². The van der Waals surface area contributed by atoms with Gasteiger partial charge in [-0.1, -0.05) is 47.6 Å². The van der Waals surface area contributed by atoms with Gasteiger partial charge < -0.3 is 5.11 Å². The van der Waals surface area contributed by atoms with Crippen LogP contribution in [0.25, 0.3) is 6.08 Å². The van der Waals surface area contributed by atoms with E-state index in [9.17, 15) is 0 Å². The Labute approximate surface area is 117 Å². The molecular formula is C18H26O. The number of hydrogen-bond donors (Lipinski definition) is 1. The van der Waals surface area contributed by atoms with Crippen molar-refractivity contribution in [2.24, 2.45) is 0 Å². The van der Waals surface area contributed by atoms with E-state index in [1.54, 1.807) is 0 Å². The van der Waals surface area contributed by atoms with Gasteiger partial charge in [0.25, 0.3) is 0 Å². The molecule has 0 fully saturated rings. The smallest absolute Gasteiger partial charge is 0.0434 e. The Morgan fingerprint density at radius 2 is 2.00 bits per heavy atom. The van der Waals surface area contributed by atoms with Crippen LogP contribution in [0.5, 0.6) is 0 Å². The van der Waals surface area contributed by atoms with Crippen molar-refractivity contribution in [3.8, 4) is 0 Å². The molecule has 1 aromatic rings. The predicted molar refractivity (Wildman–Crippen MR) is 84.2 cm³/mol. The lowest BCUT2D eigenvalue weighted by atomic mass is 10.0. The summed E-state index contributed by atoms with van der Waals surface area (Å²) in [6.07, 6.45) is 8.58. The zero-order valence-corrected chi connectivity index (χ0v) is 12.4. The van der Waals surface area contributed by atoms with Gasteiger partial charge in [0.2, 0.25) is 0 Å². The minimum Gasteiger partial charge on any atom is -0.396 e. The Morgan fingerprint density at radius 3 is 2.68 bits per heavy atom. The van der Waals surface area contributed by atoms with E-state index in [1.807, 2.05) is 0 Å². The first-order valence-electron chi connectivity index (χ1n) is 7.12. The standard InChI is InChI=1S/C18H26O/c1-15(2)7-4-8-16(3)13-18-10-5-9-17(14-18)11-6-12-19/h5,7,9-10,13-14,19H,4,6,8,11-12H2,1-3H3/b16-13+. The van der Waals surface area contributed by atoms with E-state index in [2.05, 4.69) is 57.2 Å². The Bertz CT molecular complexity index is 437. The number of aliphatic hydroxyl groups excluding tert-OH is 1. The molecule has 1 heteroatoms. The SMILES string of the molecule is CC(C)=CCC/C(C)=C/c1cccc(CCCO)c1. The second-order valence-corrected chi connectivity index (χ2v) is 5.38. The molecule has 0 spiro atoms. The predicted octanol–water partition coefficient (Wildman–Crippen LogP) is 4.76. The average molecular weight is 258 g/mol. The highest BCUT2D eigenvalue weighted by molar-refractivity contribution is 5.53. The Hall–Kier alpha value is -1.34. The van der Waals surface area contributed by atoms with Crippen molar-refractivity contribution < 1.29 is 5.11 Å². The van der Waals surface area contributed by atoms with Gasteiger partial charge in [0, 0.05) is 6.61 Å². The van der Waals surface area contributed by atoms with E-state index in [1.165, 1.54) is 22.3 Å². The van der Waals surface area contributed by atoms with Gasteiger partial charge in [-0.3, -0.25) is 0 Å². The van der Waals surface area contributed by atoms with Crippen molar-refractivity contribution in [3.05, 3.63) is 52.6 Å². The van der Waals surface area contributed by atoms with E-state index in [0.29, 0.717) is 0 Å². The lowest BCUT2D eigenvalue weighted by molar-refractivity contribution is 0.288. The van der Waals surface area contributed by atoms with Gasteiger partial charge in [-0.25, -0.2) is 0 Å². The lowest BCUT2D eigenvalue weighted by Crippen LogP contribution is -1.89. The molecular weight excluding hydrogens is 232 g/mol. The highest BCUT2D eigenvalue weighted by Crippen LogP contribution is 2.14. The largest absolute Gasteiger partial charge is 0.396 e. The fraction of sp³-hybridized carbons (Fsp3) is 0.444. The molecule has 0 heterocycles. The van der Waals surface area contributed by atoms with E-state index in [-0.39, 0.29) is 6.61 Å². The van der Waals surface area contributed by atoms with Crippen LogP contribution in [0.4, 0.5) is 0 Å². The van der Waals surface area contributed by atoms with Crippen molar-refractivity contribution in [2.75, 3.05) is 6.61 Å². The van der Waals surface area contributed by atoms with Crippen molar-refractivity contribution >= 4 is 6.08 Å². The summed E-state index contributed by atoms with van der Waals surface area (Å²) in [7, 11) is 0. The van der Waals surface area contributed by atoms with E-state index >= 15 is 0 Å². The van der Waals surface area contributed by atoms with Crippen LogP contribution < -0.4 is 0 Å². The molecule has 0 aromatic heterocycles. The molecule has 0 unspecified atom stereocenters. The monoisotopic (exact) mass is 258 g/mol. The van der Waals surface area contributed by atoms with E-state index in [4.69, 9.17) is 5.11 Å². The van der Waals surface area contributed by atoms with Crippen LogP contribution >= 0.6 is 0 Å². The average Bonchev–Trinajstić information content (AvgIpc) is 2.36. The third-order valence-electron chi connectivity index (χ3n) is 3.08. The molecule has 104 valence electrons. The Morgan fingerprint density at radius 1 is 1.21 bits per heavy atom. The first kappa shape index (κ1) is 15.7. The van der Waals surface area contributed by atoms with Crippen molar-refractivity contribution in [3.63, 3.8) is 0 Å².